The monoisotopic (exact) mass is 345 g/mol. The Bertz CT molecular complexity index is 770. The van der Waals surface area contributed by atoms with Crippen LogP contribution in [0.25, 0.3) is 0 Å². The molecule has 0 unspecified atom stereocenters. The molecule has 0 fully saturated rings. The molecule has 0 radical (unpaired) electrons. The lowest BCUT2D eigenvalue weighted by Gasteiger charge is -2.19. The highest BCUT2D eigenvalue weighted by molar-refractivity contribution is 7.93. The van der Waals surface area contributed by atoms with E-state index in [0.29, 0.717) is 10.7 Å². The van der Waals surface area contributed by atoms with Crippen LogP contribution in [-0.2, 0) is 14.8 Å². The maximum Gasteiger partial charge on any atom is 0.349 e. The summed E-state index contributed by atoms with van der Waals surface area (Å²) in [5, 5.41) is 1.96. The lowest BCUT2D eigenvalue weighted by Crippen LogP contribution is -2.27. The number of thiophene rings is 1. The lowest BCUT2D eigenvalue weighted by atomic mass is 10.3. The molecule has 2 rings (SSSR count). The molecule has 0 amide bonds. The third kappa shape index (κ3) is 3.04. The number of esters is 1. The predicted molar refractivity (Wildman–Crippen MR) is 82.7 cm³/mol. The Labute approximate surface area is 131 Å². The minimum absolute atomic E-state index is 0.0476. The number of methoxy groups -OCH3 is 1. The molecule has 2 aromatic rings. The van der Waals surface area contributed by atoms with E-state index < -0.39 is 16.0 Å². The second-order valence-electron chi connectivity index (χ2n) is 4.06. The summed E-state index contributed by atoms with van der Waals surface area (Å²) in [5.74, 6) is -0.678. The molecular formula is C13H12ClNO4S2. The number of carbonyl (C=O) groups is 1. The van der Waals surface area contributed by atoms with Gasteiger partial charge >= 0.3 is 5.97 Å². The van der Waals surface area contributed by atoms with Gasteiger partial charge in [0.1, 0.15) is 9.77 Å². The smallest absolute Gasteiger partial charge is 0.349 e. The Balaban J connectivity index is 2.48. The van der Waals surface area contributed by atoms with E-state index in [4.69, 9.17) is 11.6 Å². The van der Waals surface area contributed by atoms with Gasteiger partial charge in [-0.3, -0.25) is 4.31 Å². The molecule has 0 N–H and O–H groups in total. The number of hydrogen-bond donors (Lipinski definition) is 0. The van der Waals surface area contributed by atoms with Gasteiger partial charge in [0.25, 0.3) is 10.0 Å². The highest BCUT2D eigenvalue weighted by Gasteiger charge is 2.28. The molecule has 0 aliphatic rings. The summed E-state index contributed by atoms with van der Waals surface area (Å²) in [4.78, 5) is 11.6. The number of benzene rings is 1. The van der Waals surface area contributed by atoms with Gasteiger partial charge in [0.15, 0.2) is 0 Å². The summed E-state index contributed by atoms with van der Waals surface area (Å²) < 4.78 is 30.9. The van der Waals surface area contributed by atoms with Crippen LogP contribution in [0.2, 0.25) is 5.02 Å². The fraction of sp³-hybridized carbons (Fsp3) is 0.154. The Kier molecular flexibility index (Phi) is 4.55. The summed E-state index contributed by atoms with van der Waals surface area (Å²) in [7, 11) is -1.26. The first-order chi connectivity index (χ1) is 9.87. The third-order valence-electron chi connectivity index (χ3n) is 2.81. The van der Waals surface area contributed by atoms with Gasteiger partial charge in [-0.15, -0.1) is 11.3 Å². The van der Waals surface area contributed by atoms with E-state index in [2.05, 4.69) is 4.74 Å². The first kappa shape index (κ1) is 15.8. The van der Waals surface area contributed by atoms with Crippen molar-refractivity contribution in [2.24, 2.45) is 0 Å². The number of nitrogens with zero attached hydrogens (tertiary/aromatic N) is 1. The number of carbonyl (C=O) groups excluding carboxylic acids is 1. The predicted octanol–water partition coefficient (Wildman–Crippen LogP) is 3.01. The molecule has 1 aromatic heterocycles. The number of hydrogen-bond acceptors (Lipinski definition) is 5. The second-order valence-corrected chi connectivity index (χ2v) is 7.35. The molecule has 21 heavy (non-hydrogen) atoms. The van der Waals surface area contributed by atoms with Crippen LogP contribution in [0.4, 0.5) is 5.69 Å². The van der Waals surface area contributed by atoms with Crippen LogP contribution >= 0.6 is 22.9 Å². The minimum Gasteiger partial charge on any atom is -0.465 e. The summed E-state index contributed by atoms with van der Waals surface area (Å²) in [5.41, 5.74) is 0.407. The molecule has 0 aliphatic heterocycles. The van der Waals surface area contributed by atoms with E-state index in [-0.39, 0.29) is 9.77 Å². The van der Waals surface area contributed by atoms with Crippen LogP contribution in [0.5, 0.6) is 0 Å². The summed E-state index contributed by atoms with van der Waals surface area (Å²) in [6.07, 6.45) is 0. The highest BCUT2D eigenvalue weighted by Crippen LogP contribution is 2.29. The fourth-order valence-corrected chi connectivity index (χ4v) is 4.38. The molecule has 0 saturated carbocycles. The molecule has 5 nitrogen and oxygen atoms in total. The van der Waals surface area contributed by atoms with Crippen molar-refractivity contribution in [1.82, 2.24) is 0 Å². The zero-order chi connectivity index (χ0) is 15.6. The second kappa shape index (κ2) is 6.05. The van der Waals surface area contributed by atoms with Crippen molar-refractivity contribution in [2.75, 3.05) is 18.5 Å². The van der Waals surface area contributed by atoms with Gasteiger partial charge in [0.05, 0.1) is 12.8 Å². The van der Waals surface area contributed by atoms with Gasteiger partial charge in [-0.2, -0.15) is 0 Å². The number of sulfonamides is 1. The number of anilines is 1. The Morgan fingerprint density at radius 2 is 2.05 bits per heavy atom. The summed E-state index contributed by atoms with van der Waals surface area (Å²) in [6, 6.07) is 7.83. The van der Waals surface area contributed by atoms with E-state index >= 15 is 0 Å². The van der Waals surface area contributed by atoms with E-state index in [1.807, 2.05) is 0 Å². The molecule has 0 spiro atoms. The van der Waals surface area contributed by atoms with Gasteiger partial charge in [-0.1, -0.05) is 17.7 Å². The average Bonchev–Trinajstić information content (AvgIpc) is 2.95. The normalized spacial score (nSPS) is 11.2. The van der Waals surface area contributed by atoms with E-state index in [1.165, 1.54) is 31.7 Å². The molecule has 112 valence electrons. The summed E-state index contributed by atoms with van der Waals surface area (Å²) >= 11 is 6.89. The summed E-state index contributed by atoms with van der Waals surface area (Å²) in [6.45, 7) is 0. The first-order valence-electron chi connectivity index (χ1n) is 5.78. The molecule has 0 atom stereocenters. The van der Waals surface area contributed by atoms with Crippen LogP contribution in [0, 0.1) is 0 Å². The maximum atomic E-state index is 12.6. The maximum absolute atomic E-state index is 12.6. The van der Waals surface area contributed by atoms with Crippen LogP contribution in [0.15, 0.2) is 40.6 Å². The zero-order valence-corrected chi connectivity index (χ0v) is 13.6. The Morgan fingerprint density at radius 3 is 2.67 bits per heavy atom. The number of ether oxygens (including phenoxy) is 1. The largest absolute Gasteiger partial charge is 0.465 e. The van der Waals surface area contributed by atoms with Crippen molar-refractivity contribution in [1.29, 1.82) is 0 Å². The average molecular weight is 346 g/mol. The number of halogens is 1. The van der Waals surface area contributed by atoms with Crippen LogP contribution < -0.4 is 4.31 Å². The van der Waals surface area contributed by atoms with Crippen LogP contribution in [-0.4, -0.2) is 28.5 Å². The van der Waals surface area contributed by atoms with Gasteiger partial charge in [0.2, 0.25) is 0 Å². The third-order valence-corrected chi connectivity index (χ3v) is 5.90. The van der Waals surface area contributed by atoms with Crippen molar-refractivity contribution in [2.45, 2.75) is 4.90 Å². The van der Waals surface area contributed by atoms with Gasteiger partial charge in [0, 0.05) is 12.1 Å². The molecule has 8 heteroatoms. The Morgan fingerprint density at radius 1 is 1.33 bits per heavy atom. The van der Waals surface area contributed by atoms with Gasteiger partial charge < -0.3 is 4.74 Å². The van der Waals surface area contributed by atoms with Crippen LogP contribution in [0.1, 0.15) is 9.67 Å². The molecule has 0 saturated heterocycles. The minimum atomic E-state index is -3.87. The lowest BCUT2D eigenvalue weighted by molar-refractivity contribution is 0.0602. The fourth-order valence-electron chi connectivity index (χ4n) is 1.70. The molecular weight excluding hydrogens is 334 g/mol. The van der Waals surface area contributed by atoms with Gasteiger partial charge in [-0.25, -0.2) is 13.2 Å². The van der Waals surface area contributed by atoms with Crippen LogP contribution in [0.3, 0.4) is 0 Å². The van der Waals surface area contributed by atoms with Crippen molar-refractivity contribution in [3.05, 3.63) is 45.6 Å². The number of rotatable bonds is 4. The van der Waals surface area contributed by atoms with Crippen molar-refractivity contribution >= 4 is 44.6 Å². The SMILES string of the molecule is COC(=O)c1sccc1S(=O)(=O)N(C)c1cccc(Cl)c1. The van der Waals surface area contributed by atoms with Crippen molar-refractivity contribution in [3.63, 3.8) is 0 Å². The van der Waals surface area contributed by atoms with E-state index in [9.17, 15) is 13.2 Å². The quantitative estimate of drug-likeness (QED) is 0.799. The standard InChI is InChI=1S/C13H12ClNO4S2/c1-15(10-5-3-4-9(14)8-10)21(17,18)11-6-7-20-12(11)13(16)19-2/h3-8H,1-2H3. The molecule has 1 heterocycles. The topological polar surface area (TPSA) is 63.7 Å². The molecule has 0 aliphatic carbocycles. The first-order valence-corrected chi connectivity index (χ1v) is 8.48. The zero-order valence-electron chi connectivity index (χ0n) is 11.2. The molecule has 1 aromatic carbocycles. The molecule has 0 bridgehead atoms. The van der Waals surface area contributed by atoms with E-state index in [1.54, 1.807) is 18.2 Å². The Hall–Kier alpha value is -1.57. The van der Waals surface area contributed by atoms with Crippen molar-refractivity contribution in [3.8, 4) is 0 Å². The van der Waals surface area contributed by atoms with E-state index in [0.717, 1.165) is 15.6 Å². The highest BCUT2D eigenvalue weighted by atomic mass is 35.5. The van der Waals surface area contributed by atoms with Crippen molar-refractivity contribution < 1.29 is 17.9 Å². The van der Waals surface area contributed by atoms with Gasteiger partial charge in [-0.05, 0) is 29.6 Å².